The number of hydrogen-bond acceptors (Lipinski definition) is 5. The molecular formula is C15H14ClN3O2. The van der Waals surface area contributed by atoms with Gasteiger partial charge in [-0.15, -0.1) is 0 Å². The maximum absolute atomic E-state index is 10.8. The van der Waals surface area contributed by atoms with Crippen molar-refractivity contribution in [3.8, 4) is 17.1 Å². The van der Waals surface area contributed by atoms with E-state index in [4.69, 9.17) is 21.7 Å². The van der Waals surface area contributed by atoms with Crippen LogP contribution in [0.15, 0.2) is 24.4 Å². The molecule has 2 heterocycles. The summed E-state index contributed by atoms with van der Waals surface area (Å²) in [6, 6.07) is 5.25. The molecule has 0 saturated heterocycles. The molecule has 0 radical (unpaired) electrons. The molecule has 5 nitrogen and oxygen atoms in total. The lowest BCUT2D eigenvalue weighted by Crippen LogP contribution is -2.08. The third kappa shape index (κ3) is 3.08. The number of nitrogens with one attached hydrogen (secondary N) is 1. The number of aldehydes is 1. The Morgan fingerprint density at radius 1 is 1.52 bits per heavy atom. The van der Waals surface area contributed by atoms with E-state index in [-0.39, 0.29) is 11.4 Å². The lowest BCUT2D eigenvalue weighted by Gasteiger charge is -2.11. The Kier molecular flexibility index (Phi) is 4.65. The van der Waals surface area contributed by atoms with Crippen molar-refractivity contribution in [1.82, 2.24) is 9.97 Å². The molecule has 0 aliphatic heterocycles. The molecule has 0 unspecified atom stereocenters. The van der Waals surface area contributed by atoms with E-state index in [0.717, 1.165) is 0 Å². The SMILES string of the molecule is CCOc1ncccc1-c1cc(Cl)c(C)c(C(=N)C=O)n1. The van der Waals surface area contributed by atoms with Crippen LogP contribution in [0, 0.1) is 12.3 Å². The van der Waals surface area contributed by atoms with Crippen LogP contribution in [0.1, 0.15) is 18.2 Å². The van der Waals surface area contributed by atoms with Crippen LogP contribution in [0.3, 0.4) is 0 Å². The summed E-state index contributed by atoms with van der Waals surface area (Å²) in [7, 11) is 0. The summed E-state index contributed by atoms with van der Waals surface area (Å²) in [5.74, 6) is 0.441. The summed E-state index contributed by atoms with van der Waals surface area (Å²) in [6.07, 6.45) is 2.07. The van der Waals surface area contributed by atoms with E-state index in [0.29, 0.717) is 40.6 Å². The molecule has 0 aliphatic carbocycles. The highest BCUT2D eigenvalue weighted by atomic mass is 35.5. The van der Waals surface area contributed by atoms with Gasteiger partial charge in [-0.25, -0.2) is 9.97 Å². The van der Waals surface area contributed by atoms with Gasteiger partial charge in [0.2, 0.25) is 5.88 Å². The second-order valence-electron chi connectivity index (χ2n) is 4.28. The number of aromatic nitrogens is 2. The van der Waals surface area contributed by atoms with E-state index >= 15 is 0 Å². The zero-order valence-electron chi connectivity index (χ0n) is 11.7. The molecule has 2 aromatic rings. The molecule has 0 aliphatic rings. The third-order valence-corrected chi connectivity index (χ3v) is 3.30. The molecule has 0 aromatic carbocycles. The predicted octanol–water partition coefficient (Wildman–Crippen LogP) is 3.07. The highest BCUT2D eigenvalue weighted by Crippen LogP contribution is 2.30. The fraction of sp³-hybridized carbons (Fsp3) is 0.200. The monoisotopic (exact) mass is 303 g/mol. The minimum Gasteiger partial charge on any atom is -0.477 e. The number of nitrogens with zero attached hydrogens (tertiary/aromatic N) is 2. The fourth-order valence-corrected chi connectivity index (χ4v) is 2.06. The summed E-state index contributed by atoms with van der Waals surface area (Å²) >= 11 is 6.19. The van der Waals surface area contributed by atoms with Crippen molar-refractivity contribution in [2.24, 2.45) is 0 Å². The van der Waals surface area contributed by atoms with Crippen molar-refractivity contribution in [2.75, 3.05) is 6.61 Å². The maximum Gasteiger partial charge on any atom is 0.222 e. The standard InChI is InChI=1S/C15H14ClN3O2/c1-3-21-15-10(5-4-6-18-15)13-7-11(16)9(2)14(19-13)12(17)8-20/h4-8,17H,3H2,1-2H3. The quantitative estimate of drug-likeness (QED) is 0.680. The average Bonchev–Trinajstić information content (AvgIpc) is 2.50. The van der Waals surface area contributed by atoms with Gasteiger partial charge in [-0.2, -0.15) is 0 Å². The molecule has 2 aromatic heterocycles. The Morgan fingerprint density at radius 2 is 2.29 bits per heavy atom. The predicted molar refractivity (Wildman–Crippen MR) is 81.3 cm³/mol. The topological polar surface area (TPSA) is 75.9 Å². The lowest BCUT2D eigenvalue weighted by atomic mass is 10.1. The molecule has 0 saturated carbocycles. The van der Waals surface area contributed by atoms with Gasteiger partial charge in [0.05, 0.1) is 23.6 Å². The normalized spacial score (nSPS) is 10.2. The summed E-state index contributed by atoms with van der Waals surface area (Å²) in [5, 5.41) is 8.11. The first-order valence-electron chi connectivity index (χ1n) is 6.37. The van der Waals surface area contributed by atoms with Gasteiger partial charge >= 0.3 is 0 Å². The van der Waals surface area contributed by atoms with Gasteiger partial charge < -0.3 is 4.74 Å². The number of carbonyl (C=O) groups is 1. The number of pyridine rings is 2. The minimum atomic E-state index is -0.210. The Morgan fingerprint density at radius 3 is 2.95 bits per heavy atom. The van der Waals surface area contributed by atoms with Crippen molar-refractivity contribution in [3.05, 3.63) is 40.7 Å². The largest absolute Gasteiger partial charge is 0.477 e. The summed E-state index contributed by atoms with van der Waals surface area (Å²) < 4.78 is 5.47. The van der Waals surface area contributed by atoms with Crippen LogP contribution in [-0.2, 0) is 4.79 Å². The van der Waals surface area contributed by atoms with Gasteiger partial charge in [-0.05, 0) is 37.6 Å². The van der Waals surface area contributed by atoms with Crippen molar-refractivity contribution >= 4 is 23.6 Å². The first-order chi connectivity index (χ1) is 10.1. The number of carbonyl (C=O) groups excluding carboxylic acids is 1. The van der Waals surface area contributed by atoms with Crippen LogP contribution in [0.25, 0.3) is 11.3 Å². The number of halogens is 1. The van der Waals surface area contributed by atoms with Crippen molar-refractivity contribution in [2.45, 2.75) is 13.8 Å². The van der Waals surface area contributed by atoms with Crippen LogP contribution in [0.5, 0.6) is 5.88 Å². The summed E-state index contributed by atoms with van der Waals surface area (Å²) in [5.41, 5.74) is 1.83. The zero-order valence-corrected chi connectivity index (χ0v) is 12.4. The Hall–Kier alpha value is -2.27. The van der Waals surface area contributed by atoms with Crippen LogP contribution >= 0.6 is 11.6 Å². The van der Waals surface area contributed by atoms with Gasteiger partial charge in [0, 0.05) is 11.2 Å². The second-order valence-corrected chi connectivity index (χ2v) is 4.69. The smallest absolute Gasteiger partial charge is 0.222 e. The van der Waals surface area contributed by atoms with Crippen molar-refractivity contribution in [1.29, 1.82) is 5.41 Å². The van der Waals surface area contributed by atoms with E-state index < -0.39 is 0 Å². The Balaban J connectivity index is 2.62. The van der Waals surface area contributed by atoms with E-state index in [2.05, 4.69) is 9.97 Å². The first kappa shape index (κ1) is 15.1. The van der Waals surface area contributed by atoms with Crippen molar-refractivity contribution in [3.63, 3.8) is 0 Å². The maximum atomic E-state index is 10.8. The number of hydrogen-bond donors (Lipinski definition) is 1. The van der Waals surface area contributed by atoms with Crippen LogP contribution in [-0.4, -0.2) is 28.6 Å². The molecule has 0 atom stereocenters. The molecule has 6 heteroatoms. The van der Waals surface area contributed by atoms with Crippen LogP contribution in [0.4, 0.5) is 0 Å². The molecule has 0 bridgehead atoms. The Bertz CT molecular complexity index is 701. The minimum absolute atomic E-state index is 0.210. The molecule has 2 rings (SSSR count). The zero-order chi connectivity index (χ0) is 15.4. The molecule has 0 amide bonds. The first-order valence-corrected chi connectivity index (χ1v) is 6.75. The second kappa shape index (κ2) is 6.45. The molecule has 108 valence electrons. The number of rotatable bonds is 5. The van der Waals surface area contributed by atoms with Crippen LogP contribution < -0.4 is 4.74 Å². The van der Waals surface area contributed by atoms with Gasteiger partial charge in [-0.3, -0.25) is 10.2 Å². The number of ether oxygens (including phenoxy) is 1. The highest BCUT2D eigenvalue weighted by molar-refractivity contribution is 6.37. The van der Waals surface area contributed by atoms with E-state index in [9.17, 15) is 4.79 Å². The van der Waals surface area contributed by atoms with Gasteiger partial charge in [0.25, 0.3) is 0 Å². The molecule has 0 fully saturated rings. The van der Waals surface area contributed by atoms with Gasteiger partial charge in [0.15, 0.2) is 6.29 Å². The molecule has 21 heavy (non-hydrogen) atoms. The van der Waals surface area contributed by atoms with Crippen molar-refractivity contribution < 1.29 is 9.53 Å². The van der Waals surface area contributed by atoms with E-state index in [1.807, 2.05) is 6.92 Å². The van der Waals surface area contributed by atoms with Crippen LogP contribution in [0.2, 0.25) is 5.02 Å². The highest BCUT2D eigenvalue weighted by Gasteiger charge is 2.15. The molecule has 0 spiro atoms. The molecule has 1 N–H and O–H groups in total. The Labute approximate surface area is 127 Å². The van der Waals surface area contributed by atoms with Gasteiger partial charge in [-0.1, -0.05) is 11.6 Å². The summed E-state index contributed by atoms with van der Waals surface area (Å²) in [6.45, 7) is 4.06. The average molecular weight is 304 g/mol. The van der Waals surface area contributed by atoms with Gasteiger partial charge in [0.1, 0.15) is 5.71 Å². The molecular weight excluding hydrogens is 290 g/mol. The summed E-state index contributed by atoms with van der Waals surface area (Å²) in [4.78, 5) is 19.4. The fourth-order valence-electron chi connectivity index (χ4n) is 1.87. The lowest BCUT2D eigenvalue weighted by molar-refractivity contribution is -0.102. The van der Waals surface area contributed by atoms with E-state index in [1.165, 1.54) is 0 Å². The van der Waals surface area contributed by atoms with E-state index in [1.54, 1.807) is 31.3 Å². The third-order valence-electron chi connectivity index (χ3n) is 2.91.